The normalized spacial score (nSPS) is 24.6. The van der Waals surface area contributed by atoms with Crippen molar-refractivity contribution in [2.45, 2.75) is 36.1 Å². The first-order valence-electron chi connectivity index (χ1n) is 10.4. The summed E-state index contributed by atoms with van der Waals surface area (Å²) in [6, 6.07) is 9.06. The van der Waals surface area contributed by atoms with Crippen LogP contribution in [0.1, 0.15) is 29.3 Å². The Kier molecular flexibility index (Phi) is 5.88. The van der Waals surface area contributed by atoms with Crippen LogP contribution in [0.2, 0.25) is 0 Å². The Labute approximate surface area is 199 Å². The summed E-state index contributed by atoms with van der Waals surface area (Å²) in [5, 5.41) is 34.0. The minimum atomic E-state index is -4.07. The Bertz CT molecular complexity index is 1340. The second-order valence-electron chi connectivity index (χ2n) is 8.38. The molecule has 0 bridgehead atoms. The van der Waals surface area contributed by atoms with Crippen LogP contribution >= 0.6 is 0 Å². The number of benzene rings is 2. The van der Waals surface area contributed by atoms with Crippen LogP contribution in [-0.4, -0.2) is 68.8 Å². The first kappa shape index (κ1) is 24.0. The van der Waals surface area contributed by atoms with E-state index in [0.717, 1.165) is 23.6 Å². The Morgan fingerprint density at radius 3 is 2.46 bits per heavy atom. The maximum atomic E-state index is 12.8. The van der Waals surface area contributed by atoms with Gasteiger partial charge in [-0.2, -0.15) is 5.10 Å². The van der Waals surface area contributed by atoms with Gasteiger partial charge in [-0.15, -0.1) is 0 Å². The quantitative estimate of drug-likeness (QED) is 0.119. The van der Waals surface area contributed by atoms with Gasteiger partial charge in [0.15, 0.2) is 27.4 Å². The topological polar surface area (TPSA) is 186 Å². The number of aromatic hydroxyl groups is 2. The number of rotatable bonds is 7. The molecule has 13 heteroatoms. The zero-order chi connectivity index (χ0) is 25.5. The molecule has 2 aliphatic rings. The molecule has 0 aromatic heterocycles. The molecule has 2 aromatic rings. The zero-order valence-electron chi connectivity index (χ0n) is 18.4. The maximum absolute atomic E-state index is 12.8. The number of carbonyl (C=O) groups is 3. The van der Waals surface area contributed by atoms with Crippen LogP contribution in [-0.2, 0) is 26.0 Å². The van der Waals surface area contributed by atoms with Crippen LogP contribution in [0.3, 0.4) is 0 Å². The van der Waals surface area contributed by atoms with E-state index in [1.165, 1.54) is 24.3 Å². The molecule has 0 radical (unpaired) electrons. The van der Waals surface area contributed by atoms with Gasteiger partial charge in [-0.3, -0.25) is 9.59 Å². The summed E-state index contributed by atoms with van der Waals surface area (Å²) in [5.41, 5.74) is 3.81. The number of anilines is 1. The summed E-state index contributed by atoms with van der Waals surface area (Å²) >= 11 is 0. The monoisotopic (exact) mass is 502 g/mol. The Hall–Kier alpha value is -4.13. The number of fused-ring (bicyclic) bond motifs is 1. The van der Waals surface area contributed by atoms with Gasteiger partial charge in [-0.1, -0.05) is 12.1 Å². The van der Waals surface area contributed by atoms with Crippen molar-refractivity contribution in [1.82, 2.24) is 10.3 Å². The van der Waals surface area contributed by atoms with Crippen LogP contribution in [0.5, 0.6) is 11.5 Å². The highest BCUT2D eigenvalue weighted by Gasteiger charge is 2.69. The number of carboxylic acids is 1. The van der Waals surface area contributed by atoms with Crippen molar-refractivity contribution in [1.29, 1.82) is 0 Å². The summed E-state index contributed by atoms with van der Waals surface area (Å²) in [6.45, 7) is 1.53. The summed E-state index contributed by atoms with van der Waals surface area (Å²) in [7, 11) is -4.07. The summed E-state index contributed by atoms with van der Waals surface area (Å²) in [4.78, 5) is 36.8. The first-order chi connectivity index (χ1) is 16.5. The highest BCUT2D eigenvalue weighted by atomic mass is 32.2. The molecule has 0 saturated carbocycles. The molecule has 0 spiro atoms. The van der Waals surface area contributed by atoms with Gasteiger partial charge in [0.05, 0.1) is 6.42 Å². The molecule has 35 heavy (non-hydrogen) atoms. The third kappa shape index (κ3) is 4.03. The van der Waals surface area contributed by atoms with E-state index >= 15 is 0 Å². The Balaban J connectivity index is 1.40. The largest absolute Gasteiger partial charge is 0.504 e. The van der Waals surface area contributed by atoms with Crippen molar-refractivity contribution >= 4 is 39.5 Å². The van der Waals surface area contributed by atoms with E-state index in [1.54, 1.807) is 18.2 Å². The molecule has 2 aromatic carbocycles. The number of phenols is 2. The smallest absolute Gasteiger partial charge is 0.328 e. The molecule has 0 unspecified atom stereocenters. The number of nitrogens with one attached hydrogen (secondary N) is 2. The molecule has 5 N–H and O–H groups in total. The lowest BCUT2D eigenvalue weighted by Gasteiger charge is -2.35. The summed E-state index contributed by atoms with van der Waals surface area (Å²) in [6.07, 6.45) is 0.576. The number of nitrogens with zero attached hydrogens (tertiary/aromatic N) is 2. The van der Waals surface area contributed by atoms with Crippen molar-refractivity contribution in [2.24, 2.45) is 5.10 Å². The lowest BCUT2D eigenvalue weighted by Crippen LogP contribution is -2.57. The van der Waals surface area contributed by atoms with E-state index in [-0.39, 0.29) is 23.5 Å². The number of sulfone groups is 1. The zero-order valence-corrected chi connectivity index (χ0v) is 19.2. The predicted octanol–water partition coefficient (Wildman–Crippen LogP) is 0.624. The highest BCUT2D eigenvalue weighted by Crippen LogP contribution is 2.45. The van der Waals surface area contributed by atoms with E-state index in [0.29, 0.717) is 12.2 Å². The fourth-order valence-electron chi connectivity index (χ4n) is 4.10. The molecular weight excluding hydrogens is 480 g/mol. The number of hydrogen-bond donors (Lipinski definition) is 5. The highest BCUT2D eigenvalue weighted by molar-refractivity contribution is 7.94. The third-order valence-electron chi connectivity index (χ3n) is 6.15. The molecule has 2 heterocycles. The van der Waals surface area contributed by atoms with E-state index in [1.807, 2.05) is 0 Å². The minimum absolute atomic E-state index is 0.224. The average molecular weight is 503 g/mol. The molecule has 4 rings (SSSR count). The van der Waals surface area contributed by atoms with Gasteiger partial charge < -0.3 is 25.5 Å². The van der Waals surface area contributed by atoms with Crippen LogP contribution < -0.4 is 10.7 Å². The Morgan fingerprint density at radius 1 is 1.17 bits per heavy atom. The van der Waals surface area contributed by atoms with E-state index in [4.69, 9.17) is 0 Å². The molecule has 12 nitrogen and oxygen atoms in total. The number of aliphatic carboxylic acids is 1. The number of carbonyl (C=O) groups excluding carboxylic acids is 2. The van der Waals surface area contributed by atoms with Gasteiger partial charge in [0, 0.05) is 30.1 Å². The fourth-order valence-corrected chi connectivity index (χ4v) is 6.31. The standard InChI is InChI=1S/C22H22N4O8S/c1-22(19(21(31)32)26-17(29)9-18(26)35(22,33)34)11-24-25-20(30)13-4-2-12(3-5-13)10-23-14-6-7-15(27)16(28)8-14/h2-8,11,18-19,23,27-28H,9-10H2,1H3,(H,25,30)(H,31,32)/b24-11+/t18-,19+,22+/m1/s1. The molecule has 0 aliphatic carbocycles. The van der Waals surface area contributed by atoms with E-state index in [9.17, 15) is 38.1 Å². The minimum Gasteiger partial charge on any atom is -0.504 e. The van der Waals surface area contributed by atoms with Crippen molar-refractivity contribution < 1.29 is 38.1 Å². The van der Waals surface area contributed by atoms with Gasteiger partial charge in [-0.05, 0) is 36.8 Å². The van der Waals surface area contributed by atoms with E-state index in [2.05, 4.69) is 15.8 Å². The van der Waals surface area contributed by atoms with Crippen LogP contribution in [0.4, 0.5) is 5.69 Å². The number of hydrogen-bond acceptors (Lipinski definition) is 9. The Morgan fingerprint density at radius 2 is 1.86 bits per heavy atom. The predicted molar refractivity (Wildman–Crippen MR) is 123 cm³/mol. The van der Waals surface area contributed by atoms with Gasteiger partial charge >= 0.3 is 5.97 Å². The molecule has 2 aliphatic heterocycles. The second kappa shape index (κ2) is 8.58. The number of phenolic OH excluding ortho intramolecular Hbond substituents is 2. The van der Waals surface area contributed by atoms with Gasteiger partial charge in [0.1, 0.15) is 10.1 Å². The van der Waals surface area contributed by atoms with Crippen molar-refractivity contribution in [3.63, 3.8) is 0 Å². The number of β-lactam (4-membered cyclic amide) rings is 1. The summed E-state index contributed by atoms with van der Waals surface area (Å²) < 4.78 is 23.7. The molecule has 184 valence electrons. The molecule has 2 fully saturated rings. The second-order valence-corrected chi connectivity index (χ2v) is 10.9. The van der Waals surface area contributed by atoms with E-state index < -0.39 is 43.8 Å². The van der Waals surface area contributed by atoms with Crippen molar-refractivity contribution in [3.05, 3.63) is 53.6 Å². The average Bonchev–Trinajstić information content (AvgIpc) is 2.94. The lowest BCUT2D eigenvalue weighted by molar-refractivity contribution is -0.156. The van der Waals surface area contributed by atoms with Gasteiger partial charge in [0.25, 0.3) is 5.91 Å². The summed E-state index contributed by atoms with van der Waals surface area (Å²) in [5.74, 6) is -3.17. The SMILES string of the molecule is C[C@]1(/C=N/NC(=O)c2ccc(CNc3ccc(O)c(O)c3)cc2)[C@H](C(=O)O)N2C(=O)C[C@H]2S1(=O)=O. The fraction of sp³-hybridized carbons (Fsp3) is 0.273. The van der Waals surface area contributed by atoms with Crippen LogP contribution in [0.25, 0.3) is 0 Å². The third-order valence-corrected chi connectivity index (χ3v) is 8.81. The van der Waals surface area contributed by atoms with Gasteiger partial charge in [0.2, 0.25) is 5.91 Å². The molecule has 2 saturated heterocycles. The number of amides is 2. The number of carboxylic acid groups (broad SMARTS) is 1. The first-order valence-corrected chi connectivity index (χ1v) is 12.0. The lowest BCUT2D eigenvalue weighted by atomic mass is 9.97. The van der Waals surface area contributed by atoms with Crippen molar-refractivity contribution in [2.75, 3.05) is 5.32 Å². The molecule has 2 amide bonds. The van der Waals surface area contributed by atoms with Crippen LogP contribution in [0.15, 0.2) is 47.6 Å². The maximum Gasteiger partial charge on any atom is 0.328 e. The van der Waals surface area contributed by atoms with Gasteiger partial charge in [-0.25, -0.2) is 18.6 Å². The molecular formula is C22H22N4O8S. The van der Waals surface area contributed by atoms with Crippen molar-refractivity contribution in [3.8, 4) is 11.5 Å². The van der Waals surface area contributed by atoms with Crippen LogP contribution in [0, 0.1) is 0 Å². The molecule has 3 atom stereocenters. The number of hydrazone groups is 1.